The standard InChI is InChI=1S/C16H14Cl2N4OS2/c1-11-2-5-13(6-3-11)22-16(19-20-21-22)24-8-9-25(23)15-10-12(17)4-7-14(15)18/h2-7,10H,8-9H2,1H3. The van der Waals surface area contributed by atoms with Gasteiger partial charge in [0.2, 0.25) is 5.16 Å². The molecule has 0 radical (unpaired) electrons. The number of aryl methyl sites for hydroxylation is 1. The molecule has 0 N–H and O–H groups in total. The van der Waals surface area contributed by atoms with Crippen LogP contribution in [0.25, 0.3) is 5.69 Å². The molecule has 1 aromatic heterocycles. The average Bonchev–Trinajstić information content (AvgIpc) is 3.06. The number of benzene rings is 2. The van der Waals surface area contributed by atoms with Crippen LogP contribution in [0, 0.1) is 6.92 Å². The van der Waals surface area contributed by atoms with Gasteiger partial charge in [0.05, 0.1) is 26.4 Å². The van der Waals surface area contributed by atoms with Crippen LogP contribution in [-0.4, -0.2) is 35.9 Å². The van der Waals surface area contributed by atoms with Crippen LogP contribution in [-0.2, 0) is 10.8 Å². The summed E-state index contributed by atoms with van der Waals surface area (Å²) >= 11 is 13.5. The Morgan fingerprint density at radius 1 is 1.16 bits per heavy atom. The number of tetrazole rings is 1. The second kappa shape index (κ2) is 8.31. The van der Waals surface area contributed by atoms with E-state index in [1.165, 1.54) is 17.3 Å². The van der Waals surface area contributed by atoms with Crippen LogP contribution >= 0.6 is 35.0 Å². The van der Waals surface area contributed by atoms with Gasteiger partial charge < -0.3 is 0 Å². The second-order valence-corrected chi connectivity index (χ2v) is 8.63. The summed E-state index contributed by atoms with van der Waals surface area (Å²) in [7, 11) is -1.24. The fourth-order valence-electron chi connectivity index (χ4n) is 2.09. The van der Waals surface area contributed by atoms with E-state index < -0.39 is 10.8 Å². The number of halogens is 2. The molecule has 0 saturated heterocycles. The first-order chi connectivity index (χ1) is 12.0. The maximum atomic E-state index is 12.4. The zero-order valence-corrected chi connectivity index (χ0v) is 16.4. The Morgan fingerprint density at radius 2 is 1.92 bits per heavy atom. The molecular weight excluding hydrogens is 399 g/mol. The molecule has 0 fully saturated rings. The summed E-state index contributed by atoms with van der Waals surface area (Å²) < 4.78 is 14.1. The Balaban J connectivity index is 1.65. The Bertz CT molecular complexity index is 899. The number of thioether (sulfide) groups is 1. The van der Waals surface area contributed by atoms with Crippen molar-refractivity contribution in [1.82, 2.24) is 20.2 Å². The molecule has 5 nitrogen and oxygen atoms in total. The van der Waals surface area contributed by atoms with Crippen LogP contribution in [0.5, 0.6) is 0 Å². The summed E-state index contributed by atoms with van der Waals surface area (Å²) in [4.78, 5) is 0.549. The average molecular weight is 413 g/mol. The molecule has 0 amide bonds. The first kappa shape index (κ1) is 18.4. The lowest BCUT2D eigenvalue weighted by Crippen LogP contribution is -2.04. The normalized spacial score (nSPS) is 12.3. The summed E-state index contributed by atoms with van der Waals surface area (Å²) in [6, 6.07) is 12.9. The van der Waals surface area contributed by atoms with Gasteiger partial charge in [-0.3, -0.25) is 4.21 Å². The van der Waals surface area contributed by atoms with E-state index in [9.17, 15) is 4.21 Å². The number of nitrogens with zero attached hydrogens (tertiary/aromatic N) is 4. The molecule has 9 heteroatoms. The molecule has 2 aromatic carbocycles. The van der Waals surface area contributed by atoms with Crippen LogP contribution < -0.4 is 0 Å². The highest BCUT2D eigenvalue weighted by Gasteiger charge is 2.12. The molecule has 25 heavy (non-hydrogen) atoms. The van der Waals surface area contributed by atoms with Crippen molar-refractivity contribution in [1.29, 1.82) is 0 Å². The van der Waals surface area contributed by atoms with E-state index in [1.807, 2.05) is 31.2 Å². The van der Waals surface area contributed by atoms with Gasteiger partial charge in [0.1, 0.15) is 0 Å². The molecule has 3 aromatic rings. The van der Waals surface area contributed by atoms with Gasteiger partial charge in [-0.25, -0.2) is 0 Å². The van der Waals surface area contributed by atoms with E-state index in [0.717, 1.165) is 5.69 Å². The van der Waals surface area contributed by atoms with Gasteiger partial charge in [-0.15, -0.1) is 5.10 Å². The highest BCUT2D eigenvalue weighted by molar-refractivity contribution is 8.00. The van der Waals surface area contributed by atoms with Gasteiger partial charge in [-0.05, 0) is 47.7 Å². The van der Waals surface area contributed by atoms with Gasteiger partial charge in [-0.1, -0.05) is 52.7 Å². The Morgan fingerprint density at radius 3 is 2.68 bits per heavy atom. The Hall–Kier alpha value is -1.41. The summed E-state index contributed by atoms with van der Waals surface area (Å²) in [6.07, 6.45) is 0. The van der Waals surface area contributed by atoms with Crippen molar-refractivity contribution in [3.05, 3.63) is 58.1 Å². The van der Waals surface area contributed by atoms with Crippen LogP contribution in [0.15, 0.2) is 52.5 Å². The maximum absolute atomic E-state index is 12.4. The minimum Gasteiger partial charge on any atom is -0.254 e. The zero-order valence-electron chi connectivity index (χ0n) is 13.2. The second-order valence-electron chi connectivity index (χ2n) is 5.18. The van der Waals surface area contributed by atoms with E-state index in [0.29, 0.717) is 31.6 Å². The van der Waals surface area contributed by atoms with Crippen molar-refractivity contribution in [3.8, 4) is 5.69 Å². The minimum atomic E-state index is -1.24. The van der Waals surface area contributed by atoms with E-state index in [1.54, 1.807) is 22.9 Å². The summed E-state index contributed by atoms with van der Waals surface area (Å²) in [5.74, 6) is 1.01. The SMILES string of the molecule is Cc1ccc(-n2nnnc2SCCS(=O)c2cc(Cl)ccc2Cl)cc1. The predicted octanol–water partition coefficient (Wildman–Crippen LogP) is 4.18. The van der Waals surface area contributed by atoms with Crippen molar-refractivity contribution in [2.45, 2.75) is 17.0 Å². The minimum absolute atomic E-state index is 0.422. The Kier molecular flexibility index (Phi) is 6.11. The number of aromatic nitrogens is 4. The van der Waals surface area contributed by atoms with Crippen LogP contribution in [0.2, 0.25) is 10.0 Å². The highest BCUT2D eigenvalue weighted by Crippen LogP contribution is 2.25. The third-order valence-electron chi connectivity index (χ3n) is 3.36. The first-order valence-corrected chi connectivity index (χ1v) is 10.4. The molecule has 0 aliphatic rings. The maximum Gasteiger partial charge on any atom is 0.214 e. The molecule has 3 rings (SSSR count). The summed E-state index contributed by atoms with van der Waals surface area (Å²) in [6.45, 7) is 2.02. The molecule has 0 aliphatic carbocycles. The van der Waals surface area contributed by atoms with E-state index in [4.69, 9.17) is 23.2 Å². The fraction of sp³-hybridized carbons (Fsp3) is 0.188. The van der Waals surface area contributed by atoms with Gasteiger partial charge in [-0.2, -0.15) is 4.68 Å². The third-order valence-corrected chi connectivity index (χ3v) is 6.62. The van der Waals surface area contributed by atoms with Crippen LogP contribution in [0.3, 0.4) is 0 Å². The molecular formula is C16H14Cl2N4OS2. The quantitative estimate of drug-likeness (QED) is 0.568. The lowest BCUT2D eigenvalue weighted by Gasteiger charge is -2.06. The van der Waals surface area contributed by atoms with Crippen molar-refractivity contribution in [2.75, 3.05) is 11.5 Å². The number of hydrogen-bond acceptors (Lipinski definition) is 5. The van der Waals surface area contributed by atoms with Crippen molar-refractivity contribution < 1.29 is 4.21 Å². The third kappa shape index (κ3) is 4.61. The smallest absolute Gasteiger partial charge is 0.214 e. The fourth-order valence-corrected chi connectivity index (χ4v) is 4.94. The summed E-state index contributed by atoms with van der Waals surface area (Å²) in [5, 5.41) is 13.4. The molecule has 1 heterocycles. The van der Waals surface area contributed by atoms with Gasteiger partial charge in [0.25, 0.3) is 0 Å². The van der Waals surface area contributed by atoms with Crippen molar-refractivity contribution in [3.63, 3.8) is 0 Å². The highest BCUT2D eigenvalue weighted by atomic mass is 35.5. The molecule has 1 atom stereocenters. The molecule has 0 bridgehead atoms. The molecule has 1 unspecified atom stereocenters. The number of rotatable bonds is 6. The van der Waals surface area contributed by atoms with Crippen LogP contribution in [0.4, 0.5) is 0 Å². The van der Waals surface area contributed by atoms with Crippen molar-refractivity contribution >= 4 is 45.8 Å². The Labute approximate surface area is 162 Å². The largest absolute Gasteiger partial charge is 0.254 e. The topological polar surface area (TPSA) is 60.7 Å². The first-order valence-electron chi connectivity index (χ1n) is 7.36. The van der Waals surface area contributed by atoms with Gasteiger partial charge in [0, 0.05) is 16.5 Å². The van der Waals surface area contributed by atoms with Gasteiger partial charge in [0.15, 0.2) is 0 Å². The monoisotopic (exact) mass is 412 g/mol. The molecule has 0 aliphatic heterocycles. The lowest BCUT2D eigenvalue weighted by atomic mass is 10.2. The van der Waals surface area contributed by atoms with E-state index in [2.05, 4.69) is 15.5 Å². The van der Waals surface area contributed by atoms with Crippen LogP contribution in [0.1, 0.15) is 5.56 Å². The predicted molar refractivity (Wildman–Crippen MR) is 102 cm³/mol. The lowest BCUT2D eigenvalue weighted by molar-refractivity contribution is 0.684. The molecule has 0 saturated carbocycles. The van der Waals surface area contributed by atoms with Gasteiger partial charge >= 0.3 is 0 Å². The summed E-state index contributed by atoms with van der Waals surface area (Å²) in [5.41, 5.74) is 2.05. The number of hydrogen-bond donors (Lipinski definition) is 0. The molecule has 0 spiro atoms. The van der Waals surface area contributed by atoms with Crippen molar-refractivity contribution in [2.24, 2.45) is 0 Å². The van der Waals surface area contributed by atoms with E-state index in [-0.39, 0.29) is 0 Å². The molecule has 130 valence electrons. The zero-order chi connectivity index (χ0) is 17.8. The van der Waals surface area contributed by atoms with E-state index >= 15 is 0 Å².